The Hall–Kier alpha value is -3.52. The summed E-state index contributed by atoms with van der Waals surface area (Å²) in [7, 11) is 2.86. The topological polar surface area (TPSA) is 98.9 Å². The Balaban J connectivity index is 1.59. The maximum atomic E-state index is 13.5. The lowest BCUT2D eigenvalue weighted by atomic mass is 9.74. The highest BCUT2D eigenvalue weighted by molar-refractivity contribution is 5.96. The third-order valence-electron chi connectivity index (χ3n) is 6.93. The molecule has 1 N–H and O–H groups in total. The van der Waals surface area contributed by atoms with E-state index in [4.69, 9.17) is 14.7 Å². The van der Waals surface area contributed by atoms with Crippen LogP contribution in [0.2, 0.25) is 0 Å². The lowest BCUT2D eigenvalue weighted by molar-refractivity contribution is -0.137. The molecule has 0 radical (unpaired) electrons. The molecule has 2 aromatic rings. The van der Waals surface area contributed by atoms with Gasteiger partial charge >= 0.3 is 6.18 Å². The molecule has 3 heterocycles. The summed E-state index contributed by atoms with van der Waals surface area (Å²) in [5.74, 6) is 0.103. The van der Waals surface area contributed by atoms with Gasteiger partial charge in [-0.2, -0.15) is 23.4 Å². The van der Waals surface area contributed by atoms with Gasteiger partial charge in [-0.1, -0.05) is 0 Å². The molecule has 0 saturated carbocycles. The molecule has 2 saturated heterocycles. The Kier molecular flexibility index (Phi) is 6.51. The van der Waals surface area contributed by atoms with E-state index in [0.29, 0.717) is 31.1 Å². The number of hydrogen-bond donors (Lipinski definition) is 1. The number of nitrogens with zero attached hydrogens (tertiary/aromatic N) is 4. The van der Waals surface area contributed by atoms with Crippen LogP contribution in [-0.4, -0.2) is 67.9 Å². The number of ether oxygens (including phenoxy) is 2. The number of fused-ring (bicyclic) bond motifs is 1. The van der Waals surface area contributed by atoms with Crippen LogP contribution in [0.5, 0.6) is 11.8 Å². The number of amides is 1. The molecule has 0 bridgehead atoms. The second-order valence-corrected chi connectivity index (χ2v) is 8.86. The number of alkyl halides is 3. The van der Waals surface area contributed by atoms with Gasteiger partial charge < -0.3 is 24.4 Å². The number of aromatic nitrogens is 1. The number of methoxy groups -OCH3 is 2. The van der Waals surface area contributed by atoms with Crippen LogP contribution < -0.4 is 14.4 Å². The number of rotatable bonds is 5. The molecule has 2 aliphatic heterocycles. The number of piperidine rings is 1. The van der Waals surface area contributed by atoms with Gasteiger partial charge in [0, 0.05) is 43.3 Å². The number of pyridine rings is 1. The summed E-state index contributed by atoms with van der Waals surface area (Å²) in [4.78, 5) is 20.9. The summed E-state index contributed by atoms with van der Waals surface area (Å²) >= 11 is 0. The zero-order valence-electron chi connectivity index (χ0n) is 19.3. The van der Waals surface area contributed by atoms with Crippen LogP contribution in [0.3, 0.4) is 0 Å². The molecule has 4 rings (SSSR count). The van der Waals surface area contributed by atoms with Crippen molar-refractivity contribution in [3.8, 4) is 17.8 Å². The summed E-state index contributed by atoms with van der Waals surface area (Å²) < 4.78 is 50.8. The van der Waals surface area contributed by atoms with Crippen LogP contribution in [0.15, 0.2) is 30.3 Å². The van der Waals surface area contributed by atoms with Crippen molar-refractivity contribution in [3.63, 3.8) is 0 Å². The first-order valence-corrected chi connectivity index (χ1v) is 11.0. The van der Waals surface area contributed by atoms with E-state index < -0.39 is 22.7 Å². The van der Waals surface area contributed by atoms with E-state index in [1.165, 1.54) is 26.4 Å². The summed E-state index contributed by atoms with van der Waals surface area (Å²) in [6.45, 7) is 1.16. The van der Waals surface area contributed by atoms with Crippen molar-refractivity contribution in [3.05, 3.63) is 47.0 Å². The molecule has 2 aliphatic rings. The zero-order valence-corrected chi connectivity index (χ0v) is 19.3. The number of likely N-dealkylation sites (tertiary alicyclic amines) is 1. The molecular weight excluding hydrogens is 465 g/mol. The van der Waals surface area contributed by atoms with Crippen LogP contribution in [-0.2, 0) is 6.18 Å². The molecule has 1 aromatic carbocycles. The quantitative estimate of drug-likeness (QED) is 0.688. The van der Waals surface area contributed by atoms with Crippen molar-refractivity contribution in [1.29, 1.82) is 5.26 Å². The van der Waals surface area contributed by atoms with E-state index in [-0.39, 0.29) is 43.0 Å². The van der Waals surface area contributed by atoms with E-state index in [9.17, 15) is 23.1 Å². The zero-order chi connectivity index (χ0) is 25.4. The molecule has 35 heavy (non-hydrogen) atoms. The number of carbonyl (C=O) groups is 1. The first-order chi connectivity index (χ1) is 16.7. The second-order valence-electron chi connectivity index (χ2n) is 8.86. The van der Waals surface area contributed by atoms with E-state index in [0.717, 1.165) is 6.07 Å². The average Bonchev–Trinajstić information content (AvgIpc) is 3.26. The van der Waals surface area contributed by atoms with Crippen LogP contribution in [0.1, 0.15) is 27.9 Å². The molecule has 11 heteroatoms. The molecule has 0 unspecified atom stereocenters. The minimum Gasteiger partial charge on any atom is -0.481 e. The molecule has 1 aromatic heterocycles. The molecule has 8 nitrogen and oxygen atoms in total. The normalized spacial score (nSPS) is 21.9. The minimum atomic E-state index is -4.66. The van der Waals surface area contributed by atoms with Crippen LogP contribution >= 0.6 is 0 Å². The van der Waals surface area contributed by atoms with Crippen molar-refractivity contribution in [2.24, 2.45) is 11.3 Å². The van der Waals surface area contributed by atoms with Crippen molar-refractivity contribution in [2.75, 3.05) is 51.9 Å². The Labute approximate surface area is 200 Å². The van der Waals surface area contributed by atoms with Gasteiger partial charge in [-0.15, -0.1) is 0 Å². The first kappa shape index (κ1) is 24.6. The first-order valence-electron chi connectivity index (χ1n) is 11.0. The lowest BCUT2D eigenvalue weighted by Gasteiger charge is -2.44. The van der Waals surface area contributed by atoms with Crippen LogP contribution in [0, 0.1) is 22.7 Å². The monoisotopic (exact) mass is 490 g/mol. The smallest absolute Gasteiger partial charge is 0.417 e. The van der Waals surface area contributed by atoms with Gasteiger partial charge in [-0.3, -0.25) is 4.79 Å². The summed E-state index contributed by atoms with van der Waals surface area (Å²) in [5, 5.41) is 19.5. The van der Waals surface area contributed by atoms with E-state index in [1.807, 2.05) is 0 Å². The maximum absolute atomic E-state index is 13.5. The van der Waals surface area contributed by atoms with Gasteiger partial charge in [0.05, 0.1) is 38.0 Å². The number of aliphatic hydroxyl groups is 1. The summed E-state index contributed by atoms with van der Waals surface area (Å²) in [5.41, 5.74) is -1.53. The highest BCUT2D eigenvalue weighted by Gasteiger charge is 2.51. The fourth-order valence-corrected chi connectivity index (χ4v) is 5.07. The van der Waals surface area contributed by atoms with Crippen molar-refractivity contribution in [2.45, 2.75) is 12.6 Å². The number of anilines is 1. The summed E-state index contributed by atoms with van der Waals surface area (Å²) in [6.07, 6.45) is -4.07. The van der Waals surface area contributed by atoms with Gasteiger partial charge in [0.25, 0.3) is 5.91 Å². The highest BCUT2D eigenvalue weighted by atomic mass is 19.4. The number of benzene rings is 1. The molecule has 0 spiro atoms. The van der Waals surface area contributed by atoms with Crippen molar-refractivity contribution in [1.82, 2.24) is 9.88 Å². The number of halogens is 3. The van der Waals surface area contributed by atoms with Crippen molar-refractivity contribution < 1.29 is 32.5 Å². The van der Waals surface area contributed by atoms with E-state index >= 15 is 0 Å². The van der Waals surface area contributed by atoms with E-state index in [1.54, 1.807) is 28.0 Å². The predicted octanol–water partition coefficient (Wildman–Crippen LogP) is 2.95. The number of carbonyl (C=O) groups excluding carboxylic acids is 1. The highest BCUT2D eigenvalue weighted by Crippen LogP contribution is 2.44. The van der Waals surface area contributed by atoms with Gasteiger partial charge in [0.1, 0.15) is 5.56 Å². The Morgan fingerprint density at radius 2 is 2.03 bits per heavy atom. The van der Waals surface area contributed by atoms with Gasteiger partial charge in [0.2, 0.25) is 11.8 Å². The van der Waals surface area contributed by atoms with Crippen LogP contribution in [0.4, 0.5) is 18.9 Å². The van der Waals surface area contributed by atoms with Gasteiger partial charge in [0.15, 0.2) is 0 Å². The third-order valence-corrected chi connectivity index (χ3v) is 6.93. The number of hydrogen-bond acceptors (Lipinski definition) is 7. The molecule has 0 aliphatic carbocycles. The molecule has 1 amide bonds. The second kappa shape index (κ2) is 9.26. The summed E-state index contributed by atoms with van der Waals surface area (Å²) in [6, 6.07) is 8.37. The van der Waals surface area contributed by atoms with Gasteiger partial charge in [-0.05, 0) is 36.6 Å². The van der Waals surface area contributed by atoms with Crippen LogP contribution in [0.25, 0.3) is 0 Å². The van der Waals surface area contributed by atoms with Gasteiger partial charge in [-0.25, -0.2) is 0 Å². The molecular formula is C24H25F3N4O4. The average molecular weight is 490 g/mol. The third kappa shape index (κ3) is 4.46. The fourth-order valence-electron chi connectivity index (χ4n) is 5.07. The number of nitriles is 1. The fraction of sp³-hybridized carbons (Fsp3) is 0.458. The molecule has 186 valence electrons. The maximum Gasteiger partial charge on any atom is 0.417 e. The van der Waals surface area contributed by atoms with Crippen molar-refractivity contribution >= 4 is 11.6 Å². The Morgan fingerprint density at radius 3 is 2.66 bits per heavy atom. The molecule has 2 fully saturated rings. The lowest BCUT2D eigenvalue weighted by Crippen LogP contribution is -2.51. The van der Waals surface area contributed by atoms with E-state index in [2.05, 4.69) is 4.98 Å². The Bertz CT molecular complexity index is 1170. The standard InChI is InChI=1S/C24H25F3N4O4/c1-34-20-6-5-18(21(29-20)35-2)22(33)31-11-16-7-8-30(12-23(16,13-31)14-32)17-4-3-15(10-28)19(9-17)24(25,26)27/h3-6,9,16,32H,7-8,11-14H2,1-2H3/t16-,23+/m1/s1. The number of aliphatic hydroxyl groups excluding tert-OH is 1. The molecule has 2 atom stereocenters. The predicted molar refractivity (Wildman–Crippen MR) is 119 cm³/mol. The Morgan fingerprint density at radius 1 is 1.26 bits per heavy atom. The SMILES string of the molecule is COc1ccc(C(=O)N2C[C@H]3CCN(c4ccc(C#N)c(C(F)(F)F)c4)C[C@@]3(CO)C2)c(OC)n1. The largest absolute Gasteiger partial charge is 0.481 e. The minimum absolute atomic E-state index is 0.0228.